The lowest BCUT2D eigenvalue weighted by Gasteiger charge is -2.14. The van der Waals surface area contributed by atoms with Crippen LogP contribution in [0, 0.1) is 0 Å². The zero-order valence-corrected chi connectivity index (χ0v) is 17.0. The maximum absolute atomic E-state index is 5.39. The lowest BCUT2D eigenvalue weighted by Crippen LogP contribution is -2.40. The lowest BCUT2D eigenvalue weighted by atomic mass is 10.1. The van der Waals surface area contributed by atoms with Gasteiger partial charge < -0.3 is 15.2 Å². The summed E-state index contributed by atoms with van der Waals surface area (Å²) in [6, 6.07) is 8.16. The Hall–Kier alpha value is -2.02. The predicted molar refractivity (Wildman–Crippen MR) is 112 cm³/mol. The average Bonchev–Trinajstić information content (AvgIpc) is 3.37. The van der Waals surface area contributed by atoms with E-state index >= 15 is 0 Å². The zero-order chi connectivity index (χ0) is 18.9. The number of hydrogen-bond acceptors (Lipinski definition) is 5. The minimum absolute atomic E-state index is 0.576. The van der Waals surface area contributed by atoms with Crippen molar-refractivity contribution in [2.75, 3.05) is 18.8 Å². The summed E-state index contributed by atoms with van der Waals surface area (Å²) in [5.74, 6) is 3.49. The Balaban J connectivity index is 1.62. The van der Waals surface area contributed by atoms with Crippen LogP contribution in [-0.2, 0) is 13.0 Å². The van der Waals surface area contributed by atoms with Gasteiger partial charge in [-0.15, -0.1) is 0 Å². The van der Waals surface area contributed by atoms with Gasteiger partial charge in [-0.2, -0.15) is 16.7 Å². The Morgan fingerprint density at radius 2 is 2.26 bits per heavy atom. The maximum atomic E-state index is 5.39. The molecule has 3 rings (SSSR count). The molecule has 0 amide bonds. The van der Waals surface area contributed by atoms with E-state index in [0.717, 1.165) is 48.8 Å². The molecule has 146 valence electrons. The molecule has 2 heterocycles. The van der Waals surface area contributed by atoms with Crippen LogP contribution in [0.3, 0.4) is 0 Å². The van der Waals surface area contributed by atoms with E-state index in [1.54, 1.807) is 0 Å². The summed E-state index contributed by atoms with van der Waals surface area (Å²) < 4.78 is 5.39. The van der Waals surface area contributed by atoms with E-state index in [2.05, 4.69) is 58.5 Å². The second-order valence-corrected chi connectivity index (χ2v) is 8.09. The van der Waals surface area contributed by atoms with Crippen molar-refractivity contribution in [1.29, 1.82) is 0 Å². The number of aryl methyl sites for hydroxylation is 1. The van der Waals surface area contributed by atoms with E-state index in [1.165, 1.54) is 18.6 Å². The summed E-state index contributed by atoms with van der Waals surface area (Å²) in [5.41, 5.74) is 2.06. The van der Waals surface area contributed by atoms with Gasteiger partial charge >= 0.3 is 0 Å². The van der Waals surface area contributed by atoms with Gasteiger partial charge in [-0.05, 0) is 49.6 Å². The number of rotatable bonds is 8. The predicted octanol–water partition coefficient (Wildman–Crippen LogP) is 3.64. The van der Waals surface area contributed by atoms with Gasteiger partial charge in [0, 0.05) is 30.3 Å². The Morgan fingerprint density at radius 1 is 1.33 bits per heavy atom. The first-order valence-corrected chi connectivity index (χ1v) is 10.9. The molecule has 7 heteroatoms. The van der Waals surface area contributed by atoms with Gasteiger partial charge in [-0.1, -0.05) is 24.2 Å². The largest absolute Gasteiger partial charge is 0.357 e. The standard InChI is InChI=1S/C20H29N5OS/c1-3-7-18-24-19(26-25-18)16-9-5-8-15(12-16)13-22-20(21-4-2)23-14-17-10-6-11-27-17/h5,8-9,12,17H,3-4,6-7,10-11,13-14H2,1-2H3,(H2,21,22,23). The summed E-state index contributed by atoms with van der Waals surface area (Å²) in [4.78, 5) is 9.20. The van der Waals surface area contributed by atoms with E-state index in [9.17, 15) is 0 Å². The van der Waals surface area contributed by atoms with Gasteiger partial charge in [-0.25, -0.2) is 4.99 Å². The van der Waals surface area contributed by atoms with Crippen molar-refractivity contribution < 1.29 is 4.52 Å². The van der Waals surface area contributed by atoms with Crippen molar-refractivity contribution in [1.82, 2.24) is 20.8 Å². The average molecular weight is 388 g/mol. The molecular formula is C20H29N5OS. The topological polar surface area (TPSA) is 75.3 Å². The molecular weight excluding hydrogens is 358 g/mol. The number of aromatic nitrogens is 2. The van der Waals surface area contributed by atoms with Crippen molar-refractivity contribution in [2.45, 2.75) is 51.3 Å². The minimum Gasteiger partial charge on any atom is -0.357 e. The fraction of sp³-hybridized carbons (Fsp3) is 0.550. The highest BCUT2D eigenvalue weighted by atomic mass is 32.2. The lowest BCUT2D eigenvalue weighted by molar-refractivity contribution is 0.422. The fourth-order valence-corrected chi connectivity index (χ4v) is 4.23. The van der Waals surface area contributed by atoms with Gasteiger partial charge in [0.05, 0.1) is 6.54 Å². The quantitative estimate of drug-likeness (QED) is 0.532. The summed E-state index contributed by atoms with van der Waals surface area (Å²) >= 11 is 2.05. The molecule has 6 nitrogen and oxygen atoms in total. The molecule has 0 bridgehead atoms. The van der Waals surface area contributed by atoms with E-state index in [-0.39, 0.29) is 0 Å². The Kier molecular flexibility index (Phi) is 7.56. The van der Waals surface area contributed by atoms with Crippen molar-refractivity contribution in [3.8, 4) is 11.5 Å². The second-order valence-electron chi connectivity index (χ2n) is 6.68. The maximum Gasteiger partial charge on any atom is 0.257 e. The van der Waals surface area contributed by atoms with E-state index in [4.69, 9.17) is 9.52 Å². The zero-order valence-electron chi connectivity index (χ0n) is 16.2. The number of benzene rings is 1. The third kappa shape index (κ3) is 5.99. The molecule has 1 aromatic heterocycles. The van der Waals surface area contributed by atoms with Gasteiger partial charge in [0.25, 0.3) is 5.89 Å². The number of nitrogens with zero attached hydrogens (tertiary/aromatic N) is 3. The summed E-state index contributed by atoms with van der Waals surface area (Å²) in [6.07, 6.45) is 4.47. The summed E-state index contributed by atoms with van der Waals surface area (Å²) in [6.45, 7) is 6.63. The third-order valence-corrected chi connectivity index (χ3v) is 5.80. The number of hydrogen-bond donors (Lipinski definition) is 2. The van der Waals surface area contributed by atoms with Crippen LogP contribution in [0.1, 0.15) is 44.5 Å². The molecule has 27 heavy (non-hydrogen) atoms. The molecule has 0 aliphatic carbocycles. The Morgan fingerprint density at radius 3 is 3.04 bits per heavy atom. The van der Waals surface area contributed by atoms with Crippen molar-refractivity contribution >= 4 is 17.7 Å². The van der Waals surface area contributed by atoms with Crippen LogP contribution >= 0.6 is 11.8 Å². The number of guanidine groups is 1. The molecule has 1 saturated heterocycles. The third-order valence-electron chi connectivity index (χ3n) is 4.40. The Labute approximate surface area is 165 Å². The summed E-state index contributed by atoms with van der Waals surface area (Å²) in [5, 5.41) is 11.5. The normalized spacial score (nSPS) is 17.3. The van der Waals surface area contributed by atoms with Crippen LogP contribution in [0.25, 0.3) is 11.5 Å². The molecule has 0 spiro atoms. The van der Waals surface area contributed by atoms with Crippen LogP contribution in [0.5, 0.6) is 0 Å². The van der Waals surface area contributed by atoms with Gasteiger partial charge in [0.1, 0.15) is 0 Å². The molecule has 1 fully saturated rings. The summed E-state index contributed by atoms with van der Waals surface area (Å²) in [7, 11) is 0. The fourth-order valence-electron chi connectivity index (χ4n) is 3.03. The van der Waals surface area contributed by atoms with Gasteiger partial charge in [0.2, 0.25) is 0 Å². The monoisotopic (exact) mass is 387 g/mol. The minimum atomic E-state index is 0.576. The molecule has 1 unspecified atom stereocenters. The highest BCUT2D eigenvalue weighted by Crippen LogP contribution is 2.25. The molecule has 2 aromatic rings. The van der Waals surface area contributed by atoms with Crippen LogP contribution in [0.2, 0.25) is 0 Å². The van der Waals surface area contributed by atoms with E-state index in [0.29, 0.717) is 17.7 Å². The molecule has 1 aromatic carbocycles. The number of thioether (sulfide) groups is 1. The van der Waals surface area contributed by atoms with Crippen molar-refractivity contribution in [3.05, 3.63) is 35.7 Å². The van der Waals surface area contributed by atoms with Crippen LogP contribution < -0.4 is 10.6 Å². The first-order chi connectivity index (χ1) is 13.3. The Bertz CT molecular complexity index is 739. The first kappa shape index (κ1) is 19.7. The molecule has 0 saturated carbocycles. The highest BCUT2D eigenvalue weighted by Gasteiger charge is 2.15. The smallest absolute Gasteiger partial charge is 0.257 e. The second kappa shape index (κ2) is 10.3. The van der Waals surface area contributed by atoms with Crippen LogP contribution in [0.4, 0.5) is 0 Å². The van der Waals surface area contributed by atoms with Crippen LogP contribution in [-0.4, -0.2) is 40.2 Å². The highest BCUT2D eigenvalue weighted by molar-refractivity contribution is 8.00. The molecule has 0 radical (unpaired) electrons. The SMILES string of the molecule is CCCc1noc(-c2cccc(CN=C(NCC)NCC3CCCS3)c2)n1. The van der Waals surface area contributed by atoms with Crippen molar-refractivity contribution in [2.24, 2.45) is 4.99 Å². The molecule has 1 atom stereocenters. The van der Waals surface area contributed by atoms with Crippen molar-refractivity contribution in [3.63, 3.8) is 0 Å². The molecule has 1 aliphatic rings. The molecule has 2 N–H and O–H groups in total. The van der Waals surface area contributed by atoms with Crippen LogP contribution in [0.15, 0.2) is 33.8 Å². The van der Waals surface area contributed by atoms with Gasteiger partial charge in [-0.3, -0.25) is 0 Å². The number of aliphatic imine (C=N–C) groups is 1. The molecule has 1 aliphatic heterocycles. The van der Waals surface area contributed by atoms with E-state index in [1.807, 2.05) is 12.1 Å². The first-order valence-electron chi connectivity index (χ1n) is 9.84. The number of nitrogens with one attached hydrogen (secondary N) is 2. The van der Waals surface area contributed by atoms with Gasteiger partial charge in [0.15, 0.2) is 11.8 Å². The van der Waals surface area contributed by atoms with E-state index < -0.39 is 0 Å².